The Bertz CT molecular complexity index is 1080. The van der Waals surface area contributed by atoms with E-state index < -0.39 is 12.1 Å². The maximum atomic E-state index is 13.7. The number of allylic oxidation sites excluding steroid dienone is 1. The van der Waals surface area contributed by atoms with E-state index >= 15 is 0 Å². The van der Waals surface area contributed by atoms with Crippen molar-refractivity contribution in [3.63, 3.8) is 0 Å². The second kappa shape index (κ2) is 8.76. The average Bonchev–Trinajstić information content (AvgIpc) is 3.20. The molecule has 0 aliphatic heterocycles. The summed E-state index contributed by atoms with van der Waals surface area (Å²) in [6, 6.07) is 8.40. The zero-order valence-electron chi connectivity index (χ0n) is 15.1. The lowest BCUT2D eigenvalue weighted by Gasteiger charge is -2.18. The molecule has 1 atom stereocenters. The molecule has 0 aliphatic carbocycles. The van der Waals surface area contributed by atoms with E-state index in [4.69, 9.17) is 34.1 Å². The maximum absolute atomic E-state index is 13.7. The summed E-state index contributed by atoms with van der Waals surface area (Å²) in [5.74, 6) is -2.17. The van der Waals surface area contributed by atoms with Gasteiger partial charge in [0.15, 0.2) is 5.84 Å². The number of hydrogen-bond donors (Lipinski definition) is 2. The molecule has 1 heterocycles. The summed E-state index contributed by atoms with van der Waals surface area (Å²) in [5.41, 5.74) is 6.73. The number of hydrogen-bond acceptors (Lipinski definition) is 4. The van der Waals surface area contributed by atoms with Crippen molar-refractivity contribution in [3.05, 3.63) is 81.9 Å². The van der Waals surface area contributed by atoms with Gasteiger partial charge >= 0.3 is 6.18 Å². The Kier molecular flexibility index (Phi) is 6.33. The molecular formula is C19H14Cl2F3N5O. The Morgan fingerprint density at radius 3 is 2.43 bits per heavy atom. The molecule has 6 nitrogen and oxygen atoms in total. The summed E-state index contributed by atoms with van der Waals surface area (Å²) in [6.07, 6.45) is 0.407. The molecule has 0 bridgehead atoms. The number of nitrogens with zero attached hydrogens (tertiary/aromatic N) is 4. The minimum absolute atomic E-state index is 0.0906. The van der Waals surface area contributed by atoms with E-state index in [-0.39, 0.29) is 27.0 Å². The molecular weight excluding hydrogens is 442 g/mol. The molecule has 3 aromatic rings. The van der Waals surface area contributed by atoms with E-state index in [1.165, 1.54) is 47.7 Å². The van der Waals surface area contributed by atoms with Crippen molar-refractivity contribution in [3.8, 4) is 5.69 Å². The molecule has 11 heteroatoms. The summed E-state index contributed by atoms with van der Waals surface area (Å²) >= 11 is 11.7. The lowest BCUT2D eigenvalue weighted by Crippen LogP contribution is -2.19. The van der Waals surface area contributed by atoms with Crippen molar-refractivity contribution in [1.82, 2.24) is 14.8 Å². The Hall–Kier alpha value is -3.04. The monoisotopic (exact) mass is 455 g/mol. The van der Waals surface area contributed by atoms with Gasteiger partial charge in [0.2, 0.25) is 0 Å². The number of aromatic nitrogens is 3. The number of alkyl halides is 3. The molecule has 2 aromatic carbocycles. The third-order valence-electron chi connectivity index (χ3n) is 4.15. The van der Waals surface area contributed by atoms with Gasteiger partial charge in [-0.3, -0.25) is 0 Å². The standard InChI is InChI=1S/C19H14Cl2F3N5O/c20-13-6-12(7-14(21)8-13)16(19(22,23)24)3-1-11-2-4-17(29-10-26-9-27-29)15(5-11)18(25)28-30/h1-10,16,30H,(H2,25,28)/b3-1-. The van der Waals surface area contributed by atoms with Crippen LogP contribution in [0.3, 0.4) is 0 Å². The predicted molar refractivity (Wildman–Crippen MR) is 108 cm³/mol. The van der Waals surface area contributed by atoms with Crippen molar-refractivity contribution in [2.24, 2.45) is 10.9 Å². The molecule has 30 heavy (non-hydrogen) atoms. The van der Waals surface area contributed by atoms with Crippen molar-refractivity contribution >= 4 is 35.1 Å². The number of amidine groups is 1. The van der Waals surface area contributed by atoms with Gasteiger partial charge in [-0.05, 0) is 41.5 Å². The zero-order chi connectivity index (χ0) is 21.9. The van der Waals surface area contributed by atoms with Gasteiger partial charge < -0.3 is 10.9 Å². The fourth-order valence-electron chi connectivity index (χ4n) is 2.82. The molecule has 0 fully saturated rings. The number of oxime groups is 1. The van der Waals surface area contributed by atoms with Crippen LogP contribution in [-0.4, -0.2) is 32.0 Å². The van der Waals surface area contributed by atoms with E-state index in [0.29, 0.717) is 11.3 Å². The van der Waals surface area contributed by atoms with Gasteiger partial charge in [0.1, 0.15) is 12.7 Å². The minimum Gasteiger partial charge on any atom is -0.409 e. The molecule has 3 rings (SSSR count). The van der Waals surface area contributed by atoms with Gasteiger partial charge in [0.05, 0.1) is 11.6 Å². The molecule has 0 radical (unpaired) electrons. The van der Waals surface area contributed by atoms with Crippen molar-refractivity contribution < 1.29 is 18.4 Å². The first-order valence-corrected chi connectivity index (χ1v) is 9.12. The highest BCUT2D eigenvalue weighted by Gasteiger charge is 2.39. The summed E-state index contributed by atoms with van der Waals surface area (Å²) < 4.78 is 42.3. The summed E-state index contributed by atoms with van der Waals surface area (Å²) in [7, 11) is 0. The van der Waals surface area contributed by atoms with Crippen LogP contribution in [0.25, 0.3) is 11.8 Å². The minimum atomic E-state index is -4.57. The lowest BCUT2D eigenvalue weighted by molar-refractivity contribution is -0.139. The Morgan fingerprint density at radius 1 is 1.17 bits per heavy atom. The zero-order valence-corrected chi connectivity index (χ0v) is 16.6. The van der Waals surface area contributed by atoms with E-state index in [1.54, 1.807) is 12.1 Å². The topological polar surface area (TPSA) is 89.3 Å². The smallest absolute Gasteiger partial charge is 0.399 e. The fourth-order valence-corrected chi connectivity index (χ4v) is 3.36. The Morgan fingerprint density at radius 2 is 1.87 bits per heavy atom. The van der Waals surface area contributed by atoms with Crippen LogP contribution in [0.1, 0.15) is 22.6 Å². The summed E-state index contributed by atoms with van der Waals surface area (Å²) in [6.45, 7) is 0. The molecule has 0 amide bonds. The van der Waals surface area contributed by atoms with Crippen molar-refractivity contribution in [2.75, 3.05) is 0 Å². The first-order chi connectivity index (χ1) is 14.2. The highest BCUT2D eigenvalue weighted by molar-refractivity contribution is 6.34. The second-order valence-corrected chi connectivity index (χ2v) is 7.06. The molecule has 1 aromatic heterocycles. The quantitative estimate of drug-likeness (QED) is 0.244. The first-order valence-electron chi connectivity index (χ1n) is 8.37. The van der Waals surface area contributed by atoms with E-state index in [9.17, 15) is 13.2 Å². The van der Waals surface area contributed by atoms with Crippen LogP contribution in [0.2, 0.25) is 10.0 Å². The predicted octanol–water partition coefficient (Wildman–Crippen LogP) is 5.03. The maximum Gasteiger partial charge on any atom is 0.399 e. The van der Waals surface area contributed by atoms with Crippen LogP contribution in [0, 0.1) is 0 Å². The second-order valence-electron chi connectivity index (χ2n) is 6.18. The van der Waals surface area contributed by atoms with Gasteiger partial charge in [-0.15, -0.1) is 0 Å². The number of rotatable bonds is 5. The molecule has 0 spiro atoms. The van der Waals surface area contributed by atoms with Crippen LogP contribution in [0.4, 0.5) is 13.2 Å². The van der Waals surface area contributed by atoms with Crippen LogP contribution in [0.5, 0.6) is 0 Å². The highest BCUT2D eigenvalue weighted by Crippen LogP contribution is 2.38. The molecule has 1 unspecified atom stereocenters. The van der Waals surface area contributed by atoms with Crippen molar-refractivity contribution in [1.29, 1.82) is 0 Å². The molecule has 0 saturated carbocycles. The molecule has 156 valence electrons. The van der Waals surface area contributed by atoms with Crippen LogP contribution >= 0.6 is 23.2 Å². The van der Waals surface area contributed by atoms with Gasteiger partial charge in [0.25, 0.3) is 0 Å². The highest BCUT2D eigenvalue weighted by atomic mass is 35.5. The van der Waals surface area contributed by atoms with Gasteiger partial charge in [-0.1, -0.05) is 46.6 Å². The normalized spacial score (nSPS) is 13.7. The molecule has 0 saturated heterocycles. The lowest BCUT2D eigenvalue weighted by atomic mass is 9.96. The van der Waals surface area contributed by atoms with Crippen LogP contribution in [0.15, 0.2) is 60.3 Å². The Labute approximate surface area is 179 Å². The summed E-state index contributed by atoms with van der Waals surface area (Å²) in [4.78, 5) is 3.83. The number of benzene rings is 2. The third-order valence-corrected chi connectivity index (χ3v) is 4.58. The van der Waals surface area contributed by atoms with Gasteiger partial charge in [-0.25, -0.2) is 9.67 Å². The third kappa shape index (κ3) is 4.92. The fraction of sp³-hybridized carbons (Fsp3) is 0.105. The van der Waals surface area contributed by atoms with Gasteiger partial charge in [-0.2, -0.15) is 18.3 Å². The summed E-state index contributed by atoms with van der Waals surface area (Å²) in [5, 5.41) is 16.2. The largest absolute Gasteiger partial charge is 0.409 e. The first kappa shape index (κ1) is 21.7. The van der Waals surface area contributed by atoms with Gasteiger partial charge in [0, 0.05) is 15.6 Å². The van der Waals surface area contributed by atoms with E-state index in [0.717, 1.165) is 6.08 Å². The number of nitrogens with two attached hydrogens (primary N) is 1. The van der Waals surface area contributed by atoms with E-state index in [2.05, 4.69) is 15.2 Å². The SMILES string of the molecule is NC(=NO)c1cc(/C=C\C(c2cc(Cl)cc(Cl)c2)C(F)(F)F)ccc1-n1cncn1. The number of halogens is 5. The average molecular weight is 456 g/mol. The van der Waals surface area contributed by atoms with Crippen molar-refractivity contribution in [2.45, 2.75) is 12.1 Å². The van der Waals surface area contributed by atoms with Crippen LogP contribution < -0.4 is 5.73 Å². The Balaban J connectivity index is 2.02. The molecule has 0 aliphatic rings. The molecule has 3 N–H and O–H groups in total. The van der Waals surface area contributed by atoms with Crippen LogP contribution in [-0.2, 0) is 0 Å². The van der Waals surface area contributed by atoms with E-state index in [1.807, 2.05) is 0 Å².